The third kappa shape index (κ3) is 1.67. The van der Waals surface area contributed by atoms with Crippen LogP contribution in [0.1, 0.15) is 18.9 Å². The molecule has 2 aliphatic heterocycles. The van der Waals surface area contributed by atoms with E-state index in [1.54, 1.807) is 6.92 Å². The van der Waals surface area contributed by atoms with Crippen LogP contribution in [0, 0.1) is 0 Å². The van der Waals surface area contributed by atoms with E-state index < -0.39 is 17.9 Å². The largest absolute Gasteiger partial charge is 0.428 e. The van der Waals surface area contributed by atoms with Crippen molar-refractivity contribution in [1.29, 1.82) is 0 Å². The van der Waals surface area contributed by atoms with Crippen molar-refractivity contribution < 1.29 is 14.4 Å². The minimum atomic E-state index is -0.785. The molecule has 1 amide bonds. The quantitative estimate of drug-likeness (QED) is 0.659. The maximum atomic E-state index is 11.6. The van der Waals surface area contributed by atoms with Gasteiger partial charge in [-0.15, -0.1) is 0 Å². The molecule has 19 heavy (non-hydrogen) atoms. The molecule has 1 saturated heterocycles. The number of carbonyl (C=O) groups is 1. The molecule has 2 aliphatic rings. The zero-order chi connectivity index (χ0) is 13.5. The van der Waals surface area contributed by atoms with Crippen molar-refractivity contribution in [1.82, 2.24) is 5.01 Å². The number of fused-ring (bicyclic) bond motifs is 1. The second kappa shape index (κ2) is 4.24. The number of hydrogen-bond acceptors (Lipinski definition) is 5. The number of nitrogens with two attached hydrogens (primary N) is 1. The van der Waals surface area contributed by atoms with Crippen LogP contribution in [0.25, 0.3) is 0 Å². The average molecular weight is 261 g/mol. The lowest BCUT2D eigenvalue weighted by Crippen LogP contribution is -2.57. The van der Waals surface area contributed by atoms with Gasteiger partial charge < -0.3 is 9.57 Å². The zero-order valence-corrected chi connectivity index (χ0v) is 10.6. The van der Waals surface area contributed by atoms with Gasteiger partial charge in [0.1, 0.15) is 0 Å². The molecule has 0 radical (unpaired) electrons. The molecule has 3 rings (SSSR count). The molecule has 0 aliphatic carbocycles. The van der Waals surface area contributed by atoms with Crippen LogP contribution in [0.5, 0.6) is 0 Å². The van der Waals surface area contributed by atoms with E-state index in [9.17, 15) is 4.79 Å². The summed E-state index contributed by atoms with van der Waals surface area (Å²) in [4.78, 5) is 16.7. The molecular weight excluding hydrogens is 246 g/mol. The summed E-state index contributed by atoms with van der Waals surface area (Å²) >= 11 is 0. The molecule has 100 valence electrons. The van der Waals surface area contributed by atoms with Gasteiger partial charge in [-0.25, -0.2) is 15.6 Å². The van der Waals surface area contributed by atoms with Crippen molar-refractivity contribution >= 4 is 11.8 Å². The fraction of sp³-hybridized carbons (Fsp3) is 0.385. The summed E-state index contributed by atoms with van der Waals surface area (Å²) in [5.74, 6) is 5.85. The molecule has 0 bridgehead atoms. The van der Waals surface area contributed by atoms with Crippen LogP contribution in [-0.2, 0) is 16.0 Å². The Morgan fingerprint density at radius 2 is 2.16 bits per heavy atom. The van der Waals surface area contributed by atoms with E-state index in [-0.39, 0.29) is 0 Å². The Labute approximate surface area is 110 Å². The first-order valence-corrected chi connectivity index (χ1v) is 6.15. The maximum absolute atomic E-state index is 11.6. The number of aryl methyl sites for hydroxylation is 1. The van der Waals surface area contributed by atoms with Crippen LogP contribution < -0.4 is 5.84 Å². The first-order chi connectivity index (χ1) is 9.14. The number of hydrogen-bond donors (Lipinski definition) is 1. The number of oxime groups is 1. The third-order valence-corrected chi connectivity index (χ3v) is 3.77. The molecule has 0 saturated carbocycles. The Bertz CT molecular complexity index is 531. The highest BCUT2D eigenvalue weighted by Crippen LogP contribution is 2.38. The molecule has 1 aromatic rings. The molecule has 0 aromatic heterocycles. The van der Waals surface area contributed by atoms with E-state index in [0.717, 1.165) is 11.4 Å². The molecule has 2 heterocycles. The lowest BCUT2D eigenvalue weighted by atomic mass is 9.87. The molecule has 2 atom stereocenters. The van der Waals surface area contributed by atoms with E-state index in [0.29, 0.717) is 12.1 Å². The first-order valence-electron chi connectivity index (χ1n) is 6.15. The summed E-state index contributed by atoms with van der Waals surface area (Å²) in [5.41, 5.74) is 1.05. The van der Waals surface area contributed by atoms with Crippen molar-refractivity contribution in [3.05, 3.63) is 35.9 Å². The van der Waals surface area contributed by atoms with Crippen LogP contribution >= 0.6 is 0 Å². The molecule has 2 N–H and O–H groups in total. The van der Waals surface area contributed by atoms with Gasteiger partial charge >= 0.3 is 6.09 Å². The summed E-state index contributed by atoms with van der Waals surface area (Å²) < 4.78 is 5.08. The highest BCUT2D eigenvalue weighted by Gasteiger charge is 2.61. The number of amides is 1. The Morgan fingerprint density at radius 1 is 1.42 bits per heavy atom. The second-order valence-corrected chi connectivity index (χ2v) is 4.78. The molecule has 1 fully saturated rings. The summed E-state index contributed by atoms with van der Waals surface area (Å²) in [5, 5.41) is 5.01. The number of ether oxygens (including phenoxy) is 1. The van der Waals surface area contributed by atoms with Gasteiger partial charge in [0.15, 0.2) is 5.54 Å². The van der Waals surface area contributed by atoms with Gasteiger partial charge in [0.2, 0.25) is 0 Å². The summed E-state index contributed by atoms with van der Waals surface area (Å²) in [6.07, 6.45) is 0.0537. The van der Waals surface area contributed by atoms with E-state index in [4.69, 9.17) is 15.4 Å². The maximum Gasteiger partial charge on any atom is 0.428 e. The number of rotatable bonds is 3. The van der Waals surface area contributed by atoms with E-state index >= 15 is 0 Å². The van der Waals surface area contributed by atoms with Gasteiger partial charge in [0.25, 0.3) is 6.29 Å². The lowest BCUT2D eigenvalue weighted by molar-refractivity contribution is -0.0901. The number of carbonyl (C=O) groups excluding carboxylic acids is 1. The van der Waals surface area contributed by atoms with E-state index in [1.807, 2.05) is 30.3 Å². The number of nitrogens with zero attached hydrogens (tertiary/aromatic N) is 2. The predicted molar refractivity (Wildman–Crippen MR) is 68.0 cm³/mol. The van der Waals surface area contributed by atoms with Crippen LogP contribution in [0.3, 0.4) is 0 Å². The van der Waals surface area contributed by atoms with Crippen molar-refractivity contribution in [3.63, 3.8) is 0 Å². The van der Waals surface area contributed by atoms with Gasteiger partial charge in [-0.05, 0) is 25.3 Å². The molecular formula is C13H15N3O3. The zero-order valence-electron chi connectivity index (χ0n) is 10.6. The van der Waals surface area contributed by atoms with Crippen LogP contribution in [0.2, 0.25) is 0 Å². The van der Waals surface area contributed by atoms with Crippen LogP contribution in [-0.4, -0.2) is 28.6 Å². The Balaban J connectivity index is 1.84. The molecule has 6 nitrogen and oxygen atoms in total. The van der Waals surface area contributed by atoms with Gasteiger partial charge in [-0.1, -0.05) is 35.5 Å². The highest BCUT2D eigenvalue weighted by atomic mass is 16.8. The fourth-order valence-electron chi connectivity index (χ4n) is 2.58. The van der Waals surface area contributed by atoms with Crippen molar-refractivity contribution in [2.24, 2.45) is 11.0 Å². The Morgan fingerprint density at radius 3 is 2.89 bits per heavy atom. The Hall–Kier alpha value is -2.08. The topological polar surface area (TPSA) is 77.2 Å². The first kappa shape index (κ1) is 12.0. The molecule has 0 spiro atoms. The van der Waals surface area contributed by atoms with Gasteiger partial charge in [-0.3, -0.25) is 0 Å². The number of hydrazine groups is 1. The van der Waals surface area contributed by atoms with Crippen molar-refractivity contribution in [2.45, 2.75) is 31.6 Å². The van der Waals surface area contributed by atoms with E-state index in [1.165, 1.54) is 5.56 Å². The van der Waals surface area contributed by atoms with E-state index in [2.05, 4.69) is 5.16 Å². The molecule has 6 heteroatoms. The van der Waals surface area contributed by atoms with Gasteiger partial charge in [0.05, 0.1) is 5.71 Å². The normalized spacial score (nSPS) is 28.7. The van der Waals surface area contributed by atoms with Gasteiger partial charge in [-0.2, -0.15) is 0 Å². The highest BCUT2D eigenvalue weighted by molar-refractivity contribution is 5.97. The molecule has 0 unspecified atom stereocenters. The van der Waals surface area contributed by atoms with Gasteiger partial charge in [0, 0.05) is 0 Å². The minimum absolute atomic E-state index is 0.577. The third-order valence-electron chi connectivity index (χ3n) is 3.77. The fourth-order valence-corrected chi connectivity index (χ4v) is 2.58. The summed E-state index contributed by atoms with van der Waals surface area (Å²) in [6, 6.07) is 9.99. The summed E-state index contributed by atoms with van der Waals surface area (Å²) in [6.45, 7) is 1.80. The van der Waals surface area contributed by atoms with Crippen molar-refractivity contribution in [3.8, 4) is 0 Å². The Kier molecular flexibility index (Phi) is 2.67. The van der Waals surface area contributed by atoms with Crippen LogP contribution in [0.4, 0.5) is 4.79 Å². The number of benzene rings is 1. The molecule has 1 aromatic carbocycles. The predicted octanol–water partition coefficient (Wildman–Crippen LogP) is 1.42. The smallest absolute Gasteiger partial charge is 0.403 e. The standard InChI is InChI=1S/C13H15N3O3/c1-9-13(8-7-10-5-3-2-4-6-10)11(19-15-9)18-12(17)16(13)14/h2-6,11H,7-8,14H2,1H3/t11-,13+/m1/s1. The summed E-state index contributed by atoms with van der Waals surface area (Å²) in [7, 11) is 0. The minimum Gasteiger partial charge on any atom is -0.403 e. The monoisotopic (exact) mass is 261 g/mol. The van der Waals surface area contributed by atoms with Crippen LogP contribution in [0.15, 0.2) is 35.5 Å². The average Bonchev–Trinajstić information content (AvgIpc) is 2.86. The SMILES string of the molecule is CC1=NO[C@H]2OC(=O)N(N)[C@@]12CCc1ccccc1. The lowest BCUT2D eigenvalue weighted by Gasteiger charge is -2.29. The van der Waals surface area contributed by atoms with Crippen molar-refractivity contribution in [2.75, 3.05) is 0 Å². The second-order valence-electron chi connectivity index (χ2n) is 4.78.